The zero-order chi connectivity index (χ0) is 14.1. The van der Waals surface area contributed by atoms with Crippen molar-refractivity contribution in [2.24, 2.45) is 10.9 Å². The second-order valence-corrected chi connectivity index (χ2v) is 5.50. The first kappa shape index (κ1) is 13.1. The average Bonchev–Trinajstić information content (AvgIpc) is 2.71. The van der Waals surface area contributed by atoms with E-state index in [1.807, 2.05) is 0 Å². The van der Waals surface area contributed by atoms with Gasteiger partial charge < -0.3 is 15.8 Å². The Balaban J connectivity index is 1.90. The van der Waals surface area contributed by atoms with Gasteiger partial charge in [0.1, 0.15) is 0 Å². The number of nitrogens with two attached hydrogens (primary N) is 1. The van der Waals surface area contributed by atoms with Gasteiger partial charge in [0, 0.05) is 37.6 Å². The van der Waals surface area contributed by atoms with Gasteiger partial charge >= 0.3 is 0 Å². The number of oxime groups is 1. The first-order valence-electron chi connectivity index (χ1n) is 6.96. The summed E-state index contributed by atoms with van der Waals surface area (Å²) in [5.74, 6) is 0.722. The quantitative estimate of drug-likeness (QED) is 0.348. The van der Waals surface area contributed by atoms with Crippen molar-refractivity contribution in [3.8, 4) is 0 Å². The maximum absolute atomic E-state index is 8.88. The molecule has 0 aromatic carbocycles. The first-order valence-corrected chi connectivity index (χ1v) is 6.96. The van der Waals surface area contributed by atoms with Crippen molar-refractivity contribution in [2.75, 3.05) is 25.0 Å². The Hall–Kier alpha value is -1.89. The van der Waals surface area contributed by atoms with Crippen molar-refractivity contribution in [1.82, 2.24) is 14.9 Å². The summed E-state index contributed by atoms with van der Waals surface area (Å²) < 4.78 is 0. The molecule has 0 amide bonds. The highest BCUT2D eigenvalue weighted by Crippen LogP contribution is 2.30. The van der Waals surface area contributed by atoms with Gasteiger partial charge in [0.2, 0.25) is 0 Å². The highest BCUT2D eigenvalue weighted by Gasteiger charge is 2.35. The predicted octanol–water partition coefficient (Wildman–Crippen LogP) is 0.244. The summed E-state index contributed by atoms with van der Waals surface area (Å²) in [6.07, 6.45) is 6.82. The summed E-state index contributed by atoms with van der Waals surface area (Å²) in [7, 11) is 2.20. The molecule has 1 aromatic rings. The van der Waals surface area contributed by atoms with E-state index in [0.29, 0.717) is 23.6 Å². The number of anilines is 1. The number of likely N-dealkylation sites (N-methyl/N-ethyl adjacent to an activating group) is 1. The van der Waals surface area contributed by atoms with Gasteiger partial charge in [-0.25, -0.2) is 9.97 Å². The van der Waals surface area contributed by atoms with Gasteiger partial charge in [-0.2, -0.15) is 0 Å². The standard InChI is InChI=1S/C13H20N6O/c1-18-9-2-3-10(18)8-19(7-4-9)13-11(12(14)17-20)15-5-6-16-13/h5-6,9-10,20H,2-4,7-8H2,1H3,(H2,14,17). The molecule has 1 aromatic heterocycles. The number of hydrogen-bond donors (Lipinski definition) is 2. The molecule has 108 valence electrons. The van der Waals surface area contributed by atoms with E-state index >= 15 is 0 Å². The van der Waals surface area contributed by atoms with Crippen molar-refractivity contribution >= 4 is 11.7 Å². The molecule has 2 fully saturated rings. The third-order valence-corrected chi connectivity index (χ3v) is 4.48. The third-order valence-electron chi connectivity index (χ3n) is 4.48. The number of fused-ring (bicyclic) bond motifs is 2. The molecule has 0 radical (unpaired) electrons. The SMILES string of the molecule is CN1C2CCC1CN(c1nccnc1C(N)=NO)CC2. The molecule has 3 rings (SSSR count). The van der Waals surface area contributed by atoms with Crippen molar-refractivity contribution in [2.45, 2.75) is 31.3 Å². The van der Waals surface area contributed by atoms with Gasteiger partial charge in [-0.05, 0) is 26.3 Å². The lowest BCUT2D eigenvalue weighted by atomic mass is 10.1. The zero-order valence-corrected chi connectivity index (χ0v) is 11.6. The number of nitrogens with zero attached hydrogens (tertiary/aromatic N) is 5. The average molecular weight is 276 g/mol. The molecular formula is C13H20N6O. The number of aromatic nitrogens is 2. The minimum absolute atomic E-state index is 0.0101. The van der Waals surface area contributed by atoms with Crippen LogP contribution in [-0.4, -0.2) is 58.1 Å². The summed E-state index contributed by atoms with van der Waals surface area (Å²) in [6, 6.07) is 1.21. The highest BCUT2D eigenvalue weighted by molar-refractivity contribution is 5.99. The Labute approximate surface area is 118 Å². The minimum atomic E-state index is 0.0101. The van der Waals surface area contributed by atoms with Gasteiger partial charge in [-0.1, -0.05) is 5.16 Å². The topological polar surface area (TPSA) is 90.9 Å². The second kappa shape index (κ2) is 5.24. The van der Waals surface area contributed by atoms with E-state index in [9.17, 15) is 0 Å². The van der Waals surface area contributed by atoms with Crippen LogP contribution in [0.25, 0.3) is 0 Å². The molecule has 0 spiro atoms. The number of amidine groups is 1. The lowest BCUT2D eigenvalue weighted by molar-refractivity contribution is 0.254. The molecule has 2 bridgehead atoms. The maximum atomic E-state index is 8.88. The number of hydrogen-bond acceptors (Lipinski definition) is 6. The highest BCUT2D eigenvalue weighted by atomic mass is 16.4. The Morgan fingerprint density at radius 3 is 2.85 bits per heavy atom. The lowest BCUT2D eigenvalue weighted by Gasteiger charge is -2.27. The third kappa shape index (κ3) is 2.18. The van der Waals surface area contributed by atoms with Crippen LogP contribution in [0.15, 0.2) is 17.5 Å². The van der Waals surface area contributed by atoms with E-state index in [-0.39, 0.29) is 5.84 Å². The van der Waals surface area contributed by atoms with Crippen LogP contribution in [-0.2, 0) is 0 Å². The Morgan fingerprint density at radius 1 is 1.30 bits per heavy atom. The van der Waals surface area contributed by atoms with E-state index in [0.717, 1.165) is 19.5 Å². The van der Waals surface area contributed by atoms with E-state index in [4.69, 9.17) is 10.9 Å². The molecular weight excluding hydrogens is 256 g/mol. The monoisotopic (exact) mass is 276 g/mol. The molecule has 20 heavy (non-hydrogen) atoms. The van der Waals surface area contributed by atoms with Crippen LogP contribution in [0.2, 0.25) is 0 Å². The molecule has 2 saturated heterocycles. The lowest BCUT2D eigenvalue weighted by Crippen LogP contribution is -2.38. The van der Waals surface area contributed by atoms with Crippen molar-refractivity contribution in [3.63, 3.8) is 0 Å². The smallest absolute Gasteiger partial charge is 0.192 e. The molecule has 3 heterocycles. The van der Waals surface area contributed by atoms with Crippen LogP contribution in [0.4, 0.5) is 5.82 Å². The first-order chi connectivity index (χ1) is 9.70. The molecule has 7 heteroatoms. The van der Waals surface area contributed by atoms with Gasteiger partial charge in [0.15, 0.2) is 17.3 Å². The minimum Gasteiger partial charge on any atom is -0.409 e. The molecule has 0 saturated carbocycles. The molecule has 2 aliphatic heterocycles. The van der Waals surface area contributed by atoms with Crippen LogP contribution in [0.5, 0.6) is 0 Å². The summed E-state index contributed by atoms with van der Waals surface area (Å²) >= 11 is 0. The maximum Gasteiger partial charge on any atom is 0.192 e. The van der Waals surface area contributed by atoms with Crippen LogP contribution in [0.1, 0.15) is 25.0 Å². The molecule has 3 N–H and O–H groups in total. The van der Waals surface area contributed by atoms with Crippen molar-refractivity contribution in [1.29, 1.82) is 0 Å². The molecule has 2 aliphatic rings. The van der Waals surface area contributed by atoms with Gasteiger partial charge in [0.05, 0.1) is 0 Å². The van der Waals surface area contributed by atoms with Crippen LogP contribution >= 0.6 is 0 Å². The van der Waals surface area contributed by atoms with Crippen molar-refractivity contribution in [3.05, 3.63) is 18.1 Å². The normalized spacial score (nSPS) is 27.6. The van der Waals surface area contributed by atoms with Gasteiger partial charge in [-0.15, -0.1) is 0 Å². The van der Waals surface area contributed by atoms with Crippen LogP contribution in [0, 0.1) is 0 Å². The largest absolute Gasteiger partial charge is 0.409 e. The fourth-order valence-electron chi connectivity index (χ4n) is 3.29. The van der Waals surface area contributed by atoms with Gasteiger partial charge in [0.25, 0.3) is 0 Å². The molecule has 2 unspecified atom stereocenters. The summed E-state index contributed by atoms with van der Waals surface area (Å²) in [4.78, 5) is 13.3. The van der Waals surface area contributed by atoms with E-state index in [1.54, 1.807) is 12.4 Å². The second-order valence-electron chi connectivity index (χ2n) is 5.50. The molecule has 2 atom stereocenters. The fraction of sp³-hybridized carbons (Fsp3) is 0.615. The summed E-state index contributed by atoms with van der Waals surface area (Å²) in [5.41, 5.74) is 6.16. The fourth-order valence-corrected chi connectivity index (χ4v) is 3.29. The zero-order valence-electron chi connectivity index (χ0n) is 11.6. The number of rotatable bonds is 2. The predicted molar refractivity (Wildman–Crippen MR) is 75.9 cm³/mol. The van der Waals surface area contributed by atoms with Crippen LogP contribution in [0.3, 0.4) is 0 Å². The van der Waals surface area contributed by atoms with E-state index < -0.39 is 0 Å². The molecule has 0 aliphatic carbocycles. The Bertz CT molecular complexity index is 519. The Kier molecular flexibility index (Phi) is 3.43. The van der Waals surface area contributed by atoms with E-state index in [2.05, 4.69) is 32.0 Å². The Morgan fingerprint density at radius 2 is 2.05 bits per heavy atom. The molecule has 7 nitrogen and oxygen atoms in total. The van der Waals surface area contributed by atoms with Crippen LogP contribution < -0.4 is 10.6 Å². The van der Waals surface area contributed by atoms with E-state index in [1.165, 1.54) is 12.8 Å². The summed E-state index contributed by atoms with van der Waals surface area (Å²) in [5, 5.41) is 11.9. The van der Waals surface area contributed by atoms with Gasteiger partial charge in [-0.3, -0.25) is 4.90 Å². The van der Waals surface area contributed by atoms with Crippen molar-refractivity contribution < 1.29 is 5.21 Å². The summed E-state index contributed by atoms with van der Waals surface area (Å²) in [6.45, 7) is 1.84.